The van der Waals surface area contributed by atoms with Gasteiger partial charge in [0, 0.05) is 12.1 Å². The summed E-state index contributed by atoms with van der Waals surface area (Å²) in [5.74, 6) is 0.347. The first kappa shape index (κ1) is 19.0. The molecule has 0 aromatic rings. The molecule has 0 radical (unpaired) electrons. The second-order valence-corrected chi connectivity index (χ2v) is 5.89. The van der Waals surface area contributed by atoms with Crippen LogP contribution in [-0.2, 0) is 0 Å². The summed E-state index contributed by atoms with van der Waals surface area (Å²) < 4.78 is 0. The van der Waals surface area contributed by atoms with Crippen molar-refractivity contribution in [3.8, 4) is 0 Å². The van der Waals surface area contributed by atoms with E-state index in [9.17, 15) is 0 Å². The van der Waals surface area contributed by atoms with Crippen LogP contribution in [0.15, 0.2) is 46.4 Å². The topological polar surface area (TPSA) is 23.9 Å². The molecule has 0 aliphatic rings. The van der Waals surface area contributed by atoms with Gasteiger partial charge < -0.3 is 5.41 Å². The number of hydrogen-bond donors (Lipinski definition) is 2. The predicted molar refractivity (Wildman–Crippen MR) is 95.8 cm³/mol. The van der Waals surface area contributed by atoms with Gasteiger partial charge in [-0.25, -0.2) is 0 Å². The van der Waals surface area contributed by atoms with Crippen molar-refractivity contribution in [2.24, 2.45) is 5.92 Å². The zero-order valence-corrected chi connectivity index (χ0v) is 14.5. The predicted octanol–water partition coefficient (Wildman–Crippen LogP) is 6.11. The van der Waals surface area contributed by atoms with Crippen molar-refractivity contribution in [3.05, 3.63) is 46.4 Å². The minimum atomic E-state index is 0.347. The lowest BCUT2D eigenvalue weighted by molar-refractivity contribution is 0.793. The van der Waals surface area contributed by atoms with Gasteiger partial charge >= 0.3 is 0 Å². The van der Waals surface area contributed by atoms with Crippen LogP contribution in [0.25, 0.3) is 0 Å². The summed E-state index contributed by atoms with van der Waals surface area (Å²) in [7, 11) is 0. The minimum absolute atomic E-state index is 0.347. The Balaban J connectivity index is 5.21. The second-order valence-electron chi connectivity index (χ2n) is 5.59. The Morgan fingerprint density at radius 1 is 1.25 bits per heavy atom. The molecular formula is C18H29NS. The largest absolute Gasteiger partial charge is 0.305 e. The van der Waals surface area contributed by atoms with E-state index in [-0.39, 0.29) is 0 Å². The third-order valence-corrected chi connectivity index (χ3v) is 3.47. The van der Waals surface area contributed by atoms with Gasteiger partial charge in [0.2, 0.25) is 0 Å². The van der Waals surface area contributed by atoms with Crippen LogP contribution >= 0.6 is 12.6 Å². The highest BCUT2D eigenvalue weighted by Gasteiger charge is 2.11. The van der Waals surface area contributed by atoms with Gasteiger partial charge in [-0.2, -0.15) is 12.6 Å². The molecule has 0 spiro atoms. The number of nitrogens with one attached hydrogen (secondary N) is 1. The van der Waals surface area contributed by atoms with E-state index in [2.05, 4.69) is 59.9 Å². The Morgan fingerprint density at radius 3 is 2.30 bits per heavy atom. The summed E-state index contributed by atoms with van der Waals surface area (Å²) in [6, 6.07) is 0. The first-order chi connectivity index (χ1) is 9.33. The highest BCUT2D eigenvalue weighted by Crippen LogP contribution is 2.20. The highest BCUT2D eigenvalue weighted by atomic mass is 32.1. The minimum Gasteiger partial charge on any atom is -0.305 e. The molecule has 0 saturated carbocycles. The zero-order chi connectivity index (χ0) is 15.7. The van der Waals surface area contributed by atoms with Crippen LogP contribution < -0.4 is 0 Å². The van der Waals surface area contributed by atoms with Crippen molar-refractivity contribution < 1.29 is 0 Å². The van der Waals surface area contributed by atoms with E-state index in [0.717, 1.165) is 24.0 Å². The number of hydrogen-bond acceptors (Lipinski definition) is 2. The summed E-state index contributed by atoms with van der Waals surface area (Å²) in [5, 5.41) is 10.1. The Kier molecular flexibility index (Phi) is 9.32. The van der Waals surface area contributed by atoms with Crippen molar-refractivity contribution in [2.75, 3.05) is 0 Å². The fourth-order valence-corrected chi connectivity index (χ4v) is 2.21. The van der Waals surface area contributed by atoms with E-state index in [1.54, 1.807) is 5.41 Å². The molecule has 112 valence electrons. The molecule has 0 aliphatic heterocycles. The molecule has 1 N–H and O–H groups in total. The molecule has 0 heterocycles. The maximum Gasteiger partial charge on any atom is 0.0388 e. The molecule has 0 aromatic heterocycles. The Hall–Kier alpha value is -1.02. The average molecular weight is 292 g/mol. The lowest BCUT2D eigenvalue weighted by Crippen LogP contribution is -2.09. The molecule has 0 fully saturated rings. The Bertz CT molecular complexity index is 436. The molecule has 2 heteroatoms. The molecule has 0 aromatic carbocycles. The normalized spacial score (nSPS) is 13.8. The number of allylic oxidation sites excluding steroid dienone is 6. The zero-order valence-electron chi connectivity index (χ0n) is 13.6. The average Bonchev–Trinajstić information content (AvgIpc) is 2.35. The van der Waals surface area contributed by atoms with Gasteiger partial charge in [0.25, 0.3) is 0 Å². The second kappa shape index (κ2) is 9.82. The molecule has 0 atom stereocenters. The highest BCUT2D eigenvalue weighted by molar-refractivity contribution is 7.83. The van der Waals surface area contributed by atoms with Crippen LogP contribution in [0.4, 0.5) is 0 Å². The number of rotatable bonds is 8. The molecular weight excluding hydrogens is 262 g/mol. The van der Waals surface area contributed by atoms with Crippen LogP contribution in [0.2, 0.25) is 0 Å². The fraction of sp³-hybridized carbons (Fsp3) is 0.500. The monoisotopic (exact) mass is 291 g/mol. The summed E-state index contributed by atoms with van der Waals surface area (Å²) in [5.41, 5.74) is 5.31. The van der Waals surface area contributed by atoms with Crippen molar-refractivity contribution in [1.29, 1.82) is 5.41 Å². The molecule has 0 unspecified atom stereocenters. The van der Waals surface area contributed by atoms with Gasteiger partial charge in [-0.1, -0.05) is 51.5 Å². The maximum absolute atomic E-state index is 8.34. The van der Waals surface area contributed by atoms with Crippen molar-refractivity contribution in [1.82, 2.24) is 0 Å². The first-order valence-corrected chi connectivity index (χ1v) is 7.79. The van der Waals surface area contributed by atoms with Gasteiger partial charge in [-0.05, 0) is 48.3 Å². The number of thiol groups is 1. The van der Waals surface area contributed by atoms with Gasteiger partial charge in [0.05, 0.1) is 0 Å². The molecule has 0 bridgehead atoms. The van der Waals surface area contributed by atoms with E-state index in [0.29, 0.717) is 18.1 Å². The van der Waals surface area contributed by atoms with E-state index >= 15 is 0 Å². The van der Waals surface area contributed by atoms with Crippen molar-refractivity contribution in [3.63, 3.8) is 0 Å². The van der Waals surface area contributed by atoms with E-state index in [1.165, 1.54) is 11.1 Å². The van der Waals surface area contributed by atoms with Gasteiger partial charge in [-0.3, -0.25) is 0 Å². The standard InChI is InChI=1S/C18H29NS/c1-7-8-14(4)11-18(19)17(13(2)3)12-16(6)15(5)9-10-20/h9-10,12-13,19-20H,4,7-8,11H2,1-3,5-6H3/b10-9-,16-15+,17-12+,19-18?. The maximum atomic E-state index is 8.34. The summed E-state index contributed by atoms with van der Waals surface area (Å²) in [4.78, 5) is 0. The van der Waals surface area contributed by atoms with Gasteiger partial charge in [0.1, 0.15) is 0 Å². The van der Waals surface area contributed by atoms with Crippen LogP contribution in [-0.4, -0.2) is 5.71 Å². The van der Waals surface area contributed by atoms with Crippen LogP contribution in [0, 0.1) is 11.3 Å². The van der Waals surface area contributed by atoms with Crippen LogP contribution in [0.1, 0.15) is 53.9 Å². The summed E-state index contributed by atoms with van der Waals surface area (Å²) >= 11 is 4.11. The van der Waals surface area contributed by atoms with Crippen LogP contribution in [0.3, 0.4) is 0 Å². The first-order valence-electron chi connectivity index (χ1n) is 7.27. The molecule has 1 nitrogen and oxygen atoms in total. The molecule has 0 aliphatic carbocycles. The Morgan fingerprint density at radius 2 is 1.85 bits per heavy atom. The van der Waals surface area contributed by atoms with E-state index in [1.807, 2.05) is 6.08 Å². The molecule has 0 saturated heterocycles. The van der Waals surface area contributed by atoms with E-state index in [4.69, 9.17) is 5.41 Å². The lowest BCUT2D eigenvalue weighted by Gasteiger charge is -2.15. The fourth-order valence-electron chi connectivity index (χ4n) is 1.99. The van der Waals surface area contributed by atoms with Gasteiger partial charge in [0.15, 0.2) is 0 Å². The molecule has 0 rings (SSSR count). The van der Waals surface area contributed by atoms with Crippen molar-refractivity contribution >= 4 is 18.3 Å². The SMILES string of the molecule is C=C(CCC)CC(=N)/C(=C/C(C)=C(C)/C=C\S)C(C)C. The third kappa shape index (κ3) is 6.95. The quantitative estimate of drug-likeness (QED) is 0.233. The lowest BCUT2D eigenvalue weighted by atomic mass is 9.91. The third-order valence-electron chi connectivity index (χ3n) is 3.32. The van der Waals surface area contributed by atoms with E-state index < -0.39 is 0 Å². The molecule has 0 amide bonds. The molecule has 20 heavy (non-hydrogen) atoms. The smallest absolute Gasteiger partial charge is 0.0388 e. The van der Waals surface area contributed by atoms with Crippen LogP contribution in [0.5, 0.6) is 0 Å². The summed E-state index contributed by atoms with van der Waals surface area (Å²) in [6.07, 6.45) is 6.90. The Labute approximate surface area is 130 Å². The summed E-state index contributed by atoms with van der Waals surface area (Å²) in [6.45, 7) is 14.6. The van der Waals surface area contributed by atoms with Crippen molar-refractivity contribution in [2.45, 2.75) is 53.9 Å². The van der Waals surface area contributed by atoms with Gasteiger partial charge in [-0.15, -0.1) is 0 Å².